The second-order valence-electron chi connectivity index (χ2n) is 4.71. The second kappa shape index (κ2) is 8.32. The van der Waals surface area contributed by atoms with Crippen LogP contribution in [0.25, 0.3) is 0 Å². The minimum atomic E-state index is -0.380. The Morgan fingerprint density at radius 3 is 2.85 bits per heavy atom. The van der Waals surface area contributed by atoms with E-state index in [2.05, 4.69) is 17.2 Å². The predicted octanol–water partition coefficient (Wildman–Crippen LogP) is 2.00. The molecule has 0 radical (unpaired) electrons. The summed E-state index contributed by atoms with van der Waals surface area (Å²) in [5, 5.41) is 5.78. The van der Waals surface area contributed by atoms with E-state index in [0.29, 0.717) is 24.9 Å². The maximum absolute atomic E-state index is 13.5. The van der Waals surface area contributed by atoms with Crippen molar-refractivity contribution >= 4 is 5.91 Å². The molecule has 0 atom stereocenters. The van der Waals surface area contributed by atoms with Crippen LogP contribution in [0.2, 0.25) is 0 Å². The van der Waals surface area contributed by atoms with Gasteiger partial charge in [0.25, 0.3) is 5.91 Å². The van der Waals surface area contributed by atoms with Crippen molar-refractivity contribution in [1.29, 1.82) is 0 Å². The van der Waals surface area contributed by atoms with Crippen LogP contribution in [0.3, 0.4) is 0 Å². The van der Waals surface area contributed by atoms with Crippen LogP contribution in [0.4, 0.5) is 4.39 Å². The van der Waals surface area contributed by atoms with Gasteiger partial charge in [-0.1, -0.05) is 19.9 Å². The van der Waals surface area contributed by atoms with Gasteiger partial charge in [-0.05, 0) is 17.7 Å². The van der Waals surface area contributed by atoms with E-state index in [1.54, 1.807) is 12.1 Å². The molecule has 0 heterocycles. The van der Waals surface area contributed by atoms with Gasteiger partial charge in [0.1, 0.15) is 11.6 Å². The third-order valence-corrected chi connectivity index (χ3v) is 2.46. The lowest BCUT2D eigenvalue weighted by molar-refractivity contribution is -0.122. The van der Waals surface area contributed by atoms with Crippen molar-refractivity contribution in [2.75, 3.05) is 13.2 Å². The van der Waals surface area contributed by atoms with Gasteiger partial charge in [0.05, 0.1) is 0 Å². The van der Waals surface area contributed by atoms with Crippen LogP contribution in [0.1, 0.15) is 19.4 Å². The predicted molar refractivity (Wildman–Crippen MR) is 77.1 cm³/mol. The SMILES string of the molecule is C=CCNC(=O)COc1cc(F)cc(CNC(C)C)c1. The van der Waals surface area contributed by atoms with Gasteiger partial charge in [0, 0.05) is 25.2 Å². The first-order chi connectivity index (χ1) is 9.51. The molecule has 1 rings (SSSR count). The Kier molecular flexibility index (Phi) is 6.73. The van der Waals surface area contributed by atoms with Gasteiger partial charge < -0.3 is 15.4 Å². The van der Waals surface area contributed by atoms with E-state index in [0.717, 1.165) is 5.56 Å². The number of nitrogens with one attached hydrogen (secondary N) is 2. The number of hydrogen-bond acceptors (Lipinski definition) is 3. The Morgan fingerprint density at radius 2 is 2.20 bits per heavy atom. The number of amides is 1. The van der Waals surface area contributed by atoms with E-state index in [1.165, 1.54) is 12.1 Å². The lowest BCUT2D eigenvalue weighted by atomic mass is 10.2. The van der Waals surface area contributed by atoms with E-state index in [9.17, 15) is 9.18 Å². The van der Waals surface area contributed by atoms with Crippen LogP contribution in [0, 0.1) is 5.82 Å². The van der Waals surface area contributed by atoms with Crippen LogP contribution in [0.15, 0.2) is 30.9 Å². The smallest absolute Gasteiger partial charge is 0.258 e. The molecule has 4 nitrogen and oxygen atoms in total. The molecule has 0 saturated carbocycles. The second-order valence-corrected chi connectivity index (χ2v) is 4.71. The molecule has 1 amide bonds. The highest BCUT2D eigenvalue weighted by molar-refractivity contribution is 5.77. The molecule has 20 heavy (non-hydrogen) atoms. The first-order valence-corrected chi connectivity index (χ1v) is 6.54. The molecule has 1 aromatic carbocycles. The van der Waals surface area contributed by atoms with Crippen molar-refractivity contribution in [2.45, 2.75) is 26.4 Å². The van der Waals surface area contributed by atoms with Gasteiger partial charge in [-0.25, -0.2) is 4.39 Å². The number of hydrogen-bond donors (Lipinski definition) is 2. The number of rotatable bonds is 8. The Bertz CT molecular complexity index is 461. The molecule has 0 aromatic heterocycles. The van der Waals surface area contributed by atoms with Gasteiger partial charge in [0.2, 0.25) is 0 Å². The maximum Gasteiger partial charge on any atom is 0.258 e. The monoisotopic (exact) mass is 280 g/mol. The van der Waals surface area contributed by atoms with Gasteiger partial charge in [-0.2, -0.15) is 0 Å². The maximum atomic E-state index is 13.5. The van der Waals surface area contributed by atoms with E-state index in [4.69, 9.17) is 4.74 Å². The zero-order chi connectivity index (χ0) is 15.0. The molecule has 2 N–H and O–H groups in total. The number of ether oxygens (including phenoxy) is 1. The van der Waals surface area contributed by atoms with E-state index in [1.807, 2.05) is 13.8 Å². The summed E-state index contributed by atoms with van der Waals surface area (Å²) in [6, 6.07) is 4.74. The van der Waals surface area contributed by atoms with Gasteiger partial charge >= 0.3 is 0 Å². The molecule has 0 unspecified atom stereocenters. The molecule has 0 aliphatic carbocycles. The largest absolute Gasteiger partial charge is 0.484 e. The highest BCUT2D eigenvalue weighted by atomic mass is 19.1. The van der Waals surface area contributed by atoms with E-state index in [-0.39, 0.29) is 18.3 Å². The van der Waals surface area contributed by atoms with Crippen molar-refractivity contribution in [1.82, 2.24) is 10.6 Å². The third-order valence-electron chi connectivity index (χ3n) is 2.46. The Hall–Kier alpha value is -1.88. The fourth-order valence-corrected chi connectivity index (χ4v) is 1.51. The van der Waals surface area contributed by atoms with Gasteiger partial charge in [0.15, 0.2) is 6.61 Å². The van der Waals surface area contributed by atoms with Crippen LogP contribution in [0.5, 0.6) is 5.75 Å². The standard InChI is InChI=1S/C15H21FN2O2/c1-4-5-17-15(19)10-20-14-7-12(6-13(16)8-14)9-18-11(2)3/h4,6-8,11,18H,1,5,9-10H2,2-3H3,(H,17,19). The van der Waals surface area contributed by atoms with Crippen LogP contribution < -0.4 is 15.4 Å². The van der Waals surface area contributed by atoms with Crippen molar-refractivity contribution in [2.24, 2.45) is 0 Å². The summed E-state index contributed by atoms with van der Waals surface area (Å²) in [5.41, 5.74) is 0.778. The normalized spacial score (nSPS) is 10.4. The molecular weight excluding hydrogens is 259 g/mol. The topological polar surface area (TPSA) is 50.4 Å². The molecule has 0 aliphatic heterocycles. The van der Waals surface area contributed by atoms with Crippen molar-refractivity contribution in [3.63, 3.8) is 0 Å². The summed E-state index contributed by atoms with van der Waals surface area (Å²) >= 11 is 0. The molecule has 0 spiro atoms. The molecule has 110 valence electrons. The average molecular weight is 280 g/mol. The molecule has 5 heteroatoms. The summed E-state index contributed by atoms with van der Waals surface area (Å²) in [6.45, 7) is 8.32. The molecular formula is C15H21FN2O2. The number of carbonyl (C=O) groups excluding carboxylic acids is 1. The van der Waals surface area contributed by atoms with E-state index >= 15 is 0 Å². The number of carbonyl (C=O) groups is 1. The quantitative estimate of drug-likeness (QED) is 0.716. The Labute approximate surface area is 119 Å². The first-order valence-electron chi connectivity index (χ1n) is 6.54. The zero-order valence-electron chi connectivity index (χ0n) is 11.9. The highest BCUT2D eigenvalue weighted by Crippen LogP contribution is 2.16. The summed E-state index contributed by atoms with van der Waals surface area (Å²) < 4.78 is 18.7. The summed E-state index contributed by atoms with van der Waals surface area (Å²) in [4.78, 5) is 11.4. The van der Waals surface area contributed by atoms with Crippen LogP contribution in [-0.2, 0) is 11.3 Å². The van der Waals surface area contributed by atoms with Gasteiger partial charge in [-0.15, -0.1) is 6.58 Å². The molecule has 1 aromatic rings. The summed E-state index contributed by atoms with van der Waals surface area (Å²) in [6.07, 6.45) is 1.58. The Morgan fingerprint density at radius 1 is 1.45 bits per heavy atom. The van der Waals surface area contributed by atoms with Crippen molar-refractivity contribution in [3.8, 4) is 5.75 Å². The summed E-state index contributed by atoms with van der Waals surface area (Å²) in [7, 11) is 0. The fourth-order valence-electron chi connectivity index (χ4n) is 1.51. The molecule has 0 saturated heterocycles. The Balaban J connectivity index is 2.56. The van der Waals surface area contributed by atoms with Crippen molar-refractivity contribution in [3.05, 3.63) is 42.2 Å². The fraction of sp³-hybridized carbons (Fsp3) is 0.400. The molecule has 0 bridgehead atoms. The minimum absolute atomic E-state index is 0.145. The molecule has 0 fully saturated rings. The highest BCUT2D eigenvalue weighted by Gasteiger charge is 2.05. The molecule has 0 aliphatic rings. The number of halogens is 1. The lowest BCUT2D eigenvalue weighted by Gasteiger charge is -2.11. The van der Waals surface area contributed by atoms with Crippen LogP contribution >= 0.6 is 0 Å². The minimum Gasteiger partial charge on any atom is -0.484 e. The van der Waals surface area contributed by atoms with E-state index < -0.39 is 0 Å². The number of benzene rings is 1. The lowest BCUT2D eigenvalue weighted by Crippen LogP contribution is -2.28. The average Bonchev–Trinajstić information content (AvgIpc) is 2.40. The third kappa shape index (κ3) is 6.33. The van der Waals surface area contributed by atoms with Gasteiger partial charge in [-0.3, -0.25) is 4.79 Å². The summed E-state index contributed by atoms with van der Waals surface area (Å²) in [5.74, 6) is -0.301. The zero-order valence-corrected chi connectivity index (χ0v) is 11.9. The first kappa shape index (κ1) is 16.2. The van der Waals surface area contributed by atoms with Crippen molar-refractivity contribution < 1.29 is 13.9 Å². The van der Waals surface area contributed by atoms with Crippen LogP contribution in [-0.4, -0.2) is 25.1 Å².